The SMILES string of the molecule is CN(Cc1cccnc1)C(=O)c1cncc(Cl)n1. The maximum Gasteiger partial charge on any atom is 0.274 e. The van der Waals surface area contributed by atoms with Gasteiger partial charge < -0.3 is 4.90 Å². The van der Waals surface area contributed by atoms with Gasteiger partial charge in [0.2, 0.25) is 0 Å². The normalized spacial score (nSPS) is 10.1. The number of hydrogen-bond donors (Lipinski definition) is 0. The molecule has 0 bridgehead atoms. The molecule has 0 aliphatic rings. The third kappa shape index (κ3) is 3.01. The largest absolute Gasteiger partial charge is 0.336 e. The molecular formula is C12H11ClN4O. The van der Waals surface area contributed by atoms with E-state index in [1.165, 1.54) is 17.3 Å². The van der Waals surface area contributed by atoms with Crippen LogP contribution in [0.15, 0.2) is 36.9 Å². The number of halogens is 1. The number of carbonyl (C=O) groups excluding carboxylic acids is 1. The first-order valence-corrected chi connectivity index (χ1v) is 5.66. The molecule has 0 radical (unpaired) electrons. The topological polar surface area (TPSA) is 59.0 Å². The number of rotatable bonds is 3. The van der Waals surface area contributed by atoms with Gasteiger partial charge in [-0.05, 0) is 11.6 Å². The Balaban J connectivity index is 2.10. The number of amides is 1. The fourth-order valence-electron chi connectivity index (χ4n) is 1.48. The summed E-state index contributed by atoms with van der Waals surface area (Å²) in [7, 11) is 1.69. The van der Waals surface area contributed by atoms with Gasteiger partial charge in [0.1, 0.15) is 10.8 Å². The second-order valence-corrected chi connectivity index (χ2v) is 4.14. The van der Waals surface area contributed by atoms with E-state index in [4.69, 9.17) is 11.6 Å². The van der Waals surface area contributed by atoms with Gasteiger partial charge in [0.15, 0.2) is 0 Å². The summed E-state index contributed by atoms with van der Waals surface area (Å²) < 4.78 is 0. The predicted molar refractivity (Wildman–Crippen MR) is 67.1 cm³/mol. The number of aromatic nitrogens is 3. The predicted octanol–water partition coefficient (Wildman–Crippen LogP) is 1.80. The third-order valence-corrected chi connectivity index (χ3v) is 2.50. The van der Waals surface area contributed by atoms with Crippen LogP contribution in [0.4, 0.5) is 0 Å². The highest BCUT2D eigenvalue weighted by Gasteiger charge is 2.14. The van der Waals surface area contributed by atoms with Crippen LogP contribution in [0.5, 0.6) is 0 Å². The Kier molecular flexibility index (Phi) is 3.84. The van der Waals surface area contributed by atoms with Gasteiger partial charge in [0, 0.05) is 26.0 Å². The van der Waals surface area contributed by atoms with Crippen LogP contribution in [0.2, 0.25) is 5.15 Å². The van der Waals surface area contributed by atoms with Gasteiger partial charge in [-0.1, -0.05) is 17.7 Å². The summed E-state index contributed by atoms with van der Waals surface area (Å²) in [5.41, 5.74) is 1.18. The van der Waals surface area contributed by atoms with Crippen LogP contribution in [-0.2, 0) is 6.54 Å². The average Bonchev–Trinajstić information content (AvgIpc) is 2.39. The molecule has 0 fully saturated rings. The first-order chi connectivity index (χ1) is 8.66. The summed E-state index contributed by atoms with van der Waals surface area (Å²) in [6.07, 6.45) is 6.19. The van der Waals surface area contributed by atoms with Crippen molar-refractivity contribution in [3.05, 3.63) is 53.3 Å². The molecule has 6 heteroatoms. The number of pyridine rings is 1. The molecule has 0 saturated heterocycles. The number of nitrogens with zero attached hydrogens (tertiary/aromatic N) is 4. The molecule has 2 aromatic rings. The fourth-order valence-corrected chi connectivity index (χ4v) is 1.63. The van der Waals surface area contributed by atoms with Gasteiger partial charge in [-0.15, -0.1) is 0 Å². The van der Waals surface area contributed by atoms with Crippen LogP contribution in [0.3, 0.4) is 0 Å². The summed E-state index contributed by atoms with van der Waals surface area (Å²) >= 11 is 5.70. The van der Waals surface area contributed by atoms with E-state index in [9.17, 15) is 4.79 Å². The minimum Gasteiger partial charge on any atom is -0.336 e. The highest BCUT2D eigenvalue weighted by atomic mass is 35.5. The molecule has 0 spiro atoms. The molecule has 0 unspecified atom stereocenters. The highest BCUT2D eigenvalue weighted by molar-refractivity contribution is 6.29. The molecule has 18 heavy (non-hydrogen) atoms. The molecule has 92 valence electrons. The quantitative estimate of drug-likeness (QED) is 0.846. The smallest absolute Gasteiger partial charge is 0.274 e. The number of hydrogen-bond acceptors (Lipinski definition) is 4. The summed E-state index contributed by atoms with van der Waals surface area (Å²) in [5, 5.41) is 0.204. The molecule has 0 aromatic carbocycles. The van der Waals surface area contributed by atoms with Crippen molar-refractivity contribution in [1.29, 1.82) is 0 Å². The van der Waals surface area contributed by atoms with E-state index in [0.717, 1.165) is 5.56 Å². The monoisotopic (exact) mass is 262 g/mol. The second-order valence-electron chi connectivity index (χ2n) is 3.75. The highest BCUT2D eigenvalue weighted by Crippen LogP contribution is 2.07. The van der Waals surface area contributed by atoms with Crippen molar-refractivity contribution < 1.29 is 4.79 Å². The lowest BCUT2D eigenvalue weighted by Crippen LogP contribution is -2.27. The van der Waals surface area contributed by atoms with E-state index in [1.54, 1.807) is 19.4 Å². The van der Waals surface area contributed by atoms with Crippen LogP contribution in [0.1, 0.15) is 16.1 Å². The minimum atomic E-state index is -0.228. The Bertz CT molecular complexity index is 547. The molecule has 0 atom stereocenters. The summed E-state index contributed by atoms with van der Waals surface area (Å²) in [6, 6.07) is 3.73. The lowest BCUT2D eigenvalue weighted by molar-refractivity contribution is 0.0778. The van der Waals surface area contributed by atoms with Crippen LogP contribution < -0.4 is 0 Å². The van der Waals surface area contributed by atoms with E-state index in [1.807, 2.05) is 12.1 Å². The molecule has 0 aliphatic carbocycles. The Hall–Kier alpha value is -2.01. The second kappa shape index (κ2) is 5.55. The van der Waals surface area contributed by atoms with Gasteiger partial charge >= 0.3 is 0 Å². The van der Waals surface area contributed by atoms with Gasteiger partial charge in [-0.2, -0.15) is 0 Å². The third-order valence-electron chi connectivity index (χ3n) is 2.31. The molecule has 0 aliphatic heterocycles. The molecule has 0 N–H and O–H groups in total. The van der Waals surface area contributed by atoms with Crippen molar-refractivity contribution in [3.8, 4) is 0 Å². The van der Waals surface area contributed by atoms with Crippen LogP contribution in [0.25, 0.3) is 0 Å². The molecule has 5 nitrogen and oxygen atoms in total. The van der Waals surface area contributed by atoms with Crippen molar-refractivity contribution in [1.82, 2.24) is 19.9 Å². The molecule has 0 saturated carbocycles. The van der Waals surface area contributed by atoms with Gasteiger partial charge in [0.05, 0.1) is 12.4 Å². The standard InChI is InChI=1S/C12H11ClN4O/c1-17(8-9-3-2-4-14-5-9)12(18)10-6-15-7-11(13)16-10/h2-7H,8H2,1H3. The van der Waals surface area contributed by atoms with Gasteiger partial charge in [0.25, 0.3) is 5.91 Å². The summed E-state index contributed by atoms with van der Waals surface area (Å²) in [6.45, 7) is 0.459. The minimum absolute atomic E-state index is 0.204. The fraction of sp³-hybridized carbons (Fsp3) is 0.167. The number of carbonyl (C=O) groups is 1. The zero-order chi connectivity index (χ0) is 13.0. The molecular weight excluding hydrogens is 252 g/mol. The van der Waals surface area contributed by atoms with Crippen molar-refractivity contribution >= 4 is 17.5 Å². The summed E-state index contributed by atoms with van der Waals surface area (Å²) in [4.78, 5) is 25.4. The molecule has 1 amide bonds. The van der Waals surface area contributed by atoms with E-state index in [0.29, 0.717) is 6.54 Å². The average molecular weight is 263 g/mol. The van der Waals surface area contributed by atoms with E-state index < -0.39 is 0 Å². The first-order valence-electron chi connectivity index (χ1n) is 5.29. The summed E-state index contributed by atoms with van der Waals surface area (Å²) in [5.74, 6) is -0.228. The zero-order valence-electron chi connectivity index (χ0n) is 9.75. The zero-order valence-corrected chi connectivity index (χ0v) is 10.5. The maximum absolute atomic E-state index is 12.0. The molecule has 2 rings (SSSR count). The van der Waals surface area contributed by atoms with Crippen LogP contribution in [-0.4, -0.2) is 32.8 Å². The first kappa shape index (κ1) is 12.4. The van der Waals surface area contributed by atoms with Crippen molar-refractivity contribution in [2.75, 3.05) is 7.05 Å². The lowest BCUT2D eigenvalue weighted by atomic mass is 10.2. The van der Waals surface area contributed by atoms with E-state index in [2.05, 4.69) is 15.0 Å². The van der Waals surface area contributed by atoms with E-state index in [-0.39, 0.29) is 16.8 Å². The van der Waals surface area contributed by atoms with E-state index >= 15 is 0 Å². The van der Waals surface area contributed by atoms with Crippen molar-refractivity contribution in [2.45, 2.75) is 6.54 Å². The van der Waals surface area contributed by atoms with Crippen LogP contribution >= 0.6 is 11.6 Å². The van der Waals surface area contributed by atoms with Crippen molar-refractivity contribution in [2.24, 2.45) is 0 Å². The Labute approximate surface area is 109 Å². The lowest BCUT2D eigenvalue weighted by Gasteiger charge is -2.16. The Morgan fingerprint density at radius 1 is 1.33 bits per heavy atom. The van der Waals surface area contributed by atoms with Crippen LogP contribution in [0, 0.1) is 0 Å². The van der Waals surface area contributed by atoms with Crippen molar-refractivity contribution in [3.63, 3.8) is 0 Å². The molecule has 2 aromatic heterocycles. The Morgan fingerprint density at radius 2 is 2.17 bits per heavy atom. The van der Waals surface area contributed by atoms with Gasteiger partial charge in [-0.3, -0.25) is 14.8 Å². The maximum atomic E-state index is 12.0. The molecule has 2 heterocycles. The Morgan fingerprint density at radius 3 is 2.83 bits per heavy atom. The van der Waals surface area contributed by atoms with Gasteiger partial charge in [-0.25, -0.2) is 4.98 Å².